The van der Waals surface area contributed by atoms with Gasteiger partial charge in [0.2, 0.25) is 5.13 Å². The van der Waals surface area contributed by atoms with Crippen molar-refractivity contribution in [1.29, 1.82) is 0 Å². The molecule has 25 heavy (non-hydrogen) atoms. The highest BCUT2D eigenvalue weighted by molar-refractivity contribution is 7.13. The number of phenolic OH excluding ortho intramolecular Hbond substituents is 1. The van der Waals surface area contributed by atoms with E-state index in [1.807, 2.05) is 35.7 Å². The first-order chi connectivity index (χ1) is 12.2. The molecule has 0 atom stereocenters. The van der Waals surface area contributed by atoms with Gasteiger partial charge in [-0.1, -0.05) is 30.3 Å². The summed E-state index contributed by atoms with van der Waals surface area (Å²) in [7, 11) is 0. The van der Waals surface area contributed by atoms with E-state index in [4.69, 9.17) is 0 Å². The van der Waals surface area contributed by atoms with E-state index in [1.165, 1.54) is 23.5 Å². The van der Waals surface area contributed by atoms with Crippen molar-refractivity contribution in [3.63, 3.8) is 0 Å². The summed E-state index contributed by atoms with van der Waals surface area (Å²) in [5, 5.41) is 14.6. The minimum Gasteiger partial charge on any atom is -0.507 e. The van der Waals surface area contributed by atoms with Gasteiger partial charge in [0.25, 0.3) is 0 Å². The normalized spacial score (nSPS) is 11.4. The third-order valence-electron chi connectivity index (χ3n) is 3.88. The van der Waals surface area contributed by atoms with Crippen molar-refractivity contribution in [2.75, 3.05) is 0 Å². The molecular weight excluding hydrogens is 335 g/mol. The molecule has 1 aromatic heterocycles. The Morgan fingerprint density at radius 2 is 1.80 bits per heavy atom. The Bertz CT molecular complexity index is 1070. The topological polar surface area (TPSA) is 45.5 Å². The number of phenols is 1. The summed E-state index contributed by atoms with van der Waals surface area (Å²) < 4.78 is 13.0. The minimum absolute atomic E-state index is 0.178. The molecule has 4 aromatic rings. The van der Waals surface area contributed by atoms with E-state index in [-0.39, 0.29) is 11.6 Å². The number of aromatic nitrogens is 1. The number of hydrogen-bond acceptors (Lipinski definition) is 4. The molecule has 0 aliphatic heterocycles. The van der Waals surface area contributed by atoms with Crippen LogP contribution < -0.4 is 0 Å². The third-order valence-corrected chi connectivity index (χ3v) is 4.63. The third kappa shape index (κ3) is 3.14. The second-order valence-corrected chi connectivity index (χ2v) is 6.34. The molecule has 122 valence electrons. The molecule has 0 spiro atoms. The van der Waals surface area contributed by atoms with Crippen LogP contribution in [0, 0.1) is 5.82 Å². The van der Waals surface area contributed by atoms with E-state index in [1.54, 1.807) is 24.4 Å². The van der Waals surface area contributed by atoms with Crippen LogP contribution in [0.15, 0.2) is 71.0 Å². The fourth-order valence-electron chi connectivity index (χ4n) is 2.62. The predicted molar refractivity (Wildman–Crippen MR) is 100 cm³/mol. The Kier molecular flexibility index (Phi) is 3.99. The van der Waals surface area contributed by atoms with Gasteiger partial charge in [-0.3, -0.25) is 0 Å². The van der Waals surface area contributed by atoms with Gasteiger partial charge in [0.15, 0.2) is 0 Å². The summed E-state index contributed by atoms with van der Waals surface area (Å²) in [6.07, 6.45) is 1.63. The first-order valence-electron chi connectivity index (χ1n) is 7.67. The lowest BCUT2D eigenvalue weighted by Gasteiger charge is -2.04. The molecule has 5 heteroatoms. The Balaban J connectivity index is 1.67. The maximum atomic E-state index is 13.0. The average Bonchev–Trinajstić information content (AvgIpc) is 3.10. The first-order valence-corrected chi connectivity index (χ1v) is 8.55. The van der Waals surface area contributed by atoms with Crippen LogP contribution in [0.5, 0.6) is 5.75 Å². The van der Waals surface area contributed by atoms with Gasteiger partial charge in [-0.25, -0.2) is 14.4 Å². The zero-order valence-electron chi connectivity index (χ0n) is 13.1. The summed E-state index contributed by atoms with van der Waals surface area (Å²) >= 11 is 1.39. The minimum atomic E-state index is -0.274. The first kappa shape index (κ1) is 15.5. The molecule has 0 saturated heterocycles. The van der Waals surface area contributed by atoms with Crippen molar-refractivity contribution in [2.45, 2.75) is 0 Å². The van der Waals surface area contributed by atoms with E-state index >= 15 is 0 Å². The monoisotopic (exact) mass is 348 g/mol. The highest BCUT2D eigenvalue weighted by atomic mass is 32.1. The zero-order valence-corrected chi connectivity index (χ0v) is 13.9. The molecule has 0 radical (unpaired) electrons. The average molecular weight is 348 g/mol. The number of nitrogens with zero attached hydrogens (tertiary/aromatic N) is 2. The molecule has 0 saturated carbocycles. The lowest BCUT2D eigenvalue weighted by atomic mass is 10.0. The molecule has 4 rings (SSSR count). The molecular formula is C20H13FN2OS. The van der Waals surface area contributed by atoms with E-state index in [0.29, 0.717) is 10.7 Å². The van der Waals surface area contributed by atoms with Crippen LogP contribution in [0.25, 0.3) is 22.0 Å². The number of aromatic hydroxyl groups is 1. The van der Waals surface area contributed by atoms with Crippen molar-refractivity contribution >= 4 is 33.5 Å². The number of hydrogen-bond donors (Lipinski definition) is 1. The summed E-state index contributed by atoms with van der Waals surface area (Å²) in [5.41, 5.74) is 2.25. The number of halogens is 1. The molecule has 0 unspecified atom stereocenters. The zero-order chi connectivity index (χ0) is 17.2. The molecule has 0 aliphatic carbocycles. The van der Waals surface area contributed by atoms with Crippen molar-refractivity contribution in [2.24, 2.45) is 4.99 Å². The maximum Gasteiger partial charge on any atom is 0.209 e. The molecule has 0 fully saturated rings. The fourth-order valence-corrected chi connectivity index (χ4v) is 3.29. The van der Waals surface area contributed by atoms with Crippen LogP contribution in [-0.2, 0) is 0 Å². The van der Waals surface area contributed by atoms with Gasteiger partial charge in [0, 0.05) is 22.7 Å². The Labute approximate surface area is 147 Å². The van der Waals surface area contributed by atoms with Crippen LogP contribution in [0.2, 0.25) is 0 Å². The van der Waals surface area contributed by atoms with Gasteiger partial charge in [-0.15, -0.1) is 11.3 Å². The van der Waals surface area contributed by atoms with Crippen molar-refractivity contribution < 1.29 is 9.50 Å². The smallest absolute Gasteiger partial charge is 0.209 e. The van der Waals surface area contributed by atoms with Gasteiger partial charge in [-0.05, 0) is 41.1 Å². The SMILES string of the molecule is Oc1ccc2ccccc2c1/C=N/c1nc(-c2ccc(F)cc2)cs1. The molecule has 3 aromatic carbocycles. The molecule has 1 N–H and O–H groups in total. The van der Waals surface area contributed by atoms with Gasteiger partial charge in [-0.2, -0.15) is 0 Å². The van der Waals surface area contributed by atoms with Gasteiger partial charge >= 0.3 is 0 Å². The number of thiazole rings is 1. The number of rotatable bonds is 3. The maximum absolute atomic E-state index is 13.0. The lowest BCUT2D eigenvalue weighted by Crippen LogP contribution is -1.85. The van der Waals surface area contributed by atoms with E-state index in [0.717, 1.165) is 22.0 Å². The number of fused-ring (bicyclic) bond motifs is 1. The van der Waals surface area contributed by atoms with Gasteiger partial charge in [0.1, 0.15) is 11.6 Å². The van der Waals surface area contributed by atoms with Crippen molar-refractivity contribution in [3.05, 3.63) is 77.4 Å². The molecule has 1 heterocycles. The molecule has 3 nitrogen and oxygen atoms in total. The molecule has 0 aliphatic rings. The standard InChI is InChI=1S/C20H13FN2OS/c21-15-8-5-14(6-9-15)18-12-25-20(23-18)22-11-17-16-4-2-1-3-13(16)7-10-19(17)24/h1-12,24H/b22-11+. The van der Waals surface area contributed by atoms with Crippen LogP contribution in [0.3, 0.4) is 0 Å². The Hall–Kier alpha value is -3.05. The molecule has 0 amide bonds. The van der Waals surface area contributed by atoms with Crippen LogP contribution in [-0.4, -0.2) is 16.3 Å². The number of aliphatic imine (C=N–C) groups is 1. The lowest BCUT2D eigenvalue weighted by molar-refractivity contribution is 0.475. The highest BCUT2D eigenvalue weighted by Gasteiger charge is 2.06. The quantitative estimate of drug-likeness (QED) is 0.493. The Morgan fingerprint density at radius 3 is 2.64 bits per heavy atom. The van der Waals surface area contributed by atoms with Crippen LogP contribution >= 0.6 is 11.3 Å². The summed E-state index contributed by atoms with van der Waals surface area (Å²) in [6, 6.07) is 17.5. The van der Waals surface area contributed by atoms with E-state index in [9.17, 15) is 9.50 Å². The van der Waals surface area contributed by atoms with Crippen molar-refractivity contribution in [1.82, 2.24) is 4.98 Å². The summed E-state index contributed by atoms with van der Waals surface area (Å²) in [4.78, 5) is 8.85. The van der Waals surface area contributed by atoms with Crippen molar-refractivity contribution in [3.8, 4) is 17.0 Å². The van der Waals surface area contributed by atoms with Gasteiger partial charge in [0.05, 0.1) is 5.69 Å². The predicted octanol–water partition coefficient (Wildman–Crippen LogP) is 5.56. The second kappa shape index (κ2) is 6.45. The van der Waals surface area contributed by atoms with Crippen LogP contribution in [0.1, 0.15) is 5.56 Å². The van der Waals surface area contributed by atoms with E-state index < -0.39 is 0 Å². The summed E-state index contributed by atoms with van der Waals surface area (Å²) in [5.74, 6) is -0.0959. The fraction of sp³-hybridized carbons (Fsp3) is 0. The van der Waals surface area contributed by atoms with Gasteiger partial charge < -0.3 is 5.11 Å². The summed E-state index contributed by atoms with van der Waals surface area (Å²) in [6.45, 7) is 0. The second-order valence-electron chi connectivity index (χ2n) is 5.50. The number of benzene rings is 3. The van der Waals surface area contributed by atoms with E-state index in [2.05, 4.69) is 9.98 Å². The molecule has 0 bridgehead atoms. The Morgan fingerprint density at radius 1 is 1.00 bits per heavy atom. The largest absolute Gasteiger partial charge is 0.507 e. The highest BCUT2D eigenvalue weighted by Crippen LogP contribution is 2.29. The van der Waals surface area contributed by atoms with Crippen LogP contribution in [0.4, 0.5) is 9.52 Å².